The van der Waals surface area contributed by atoms with Gasteiger partial charge in [0.05, 0.1) is 21.2 Å². The van der Waals surface area contributed by atoms with Gasteiger partial charge in [0.1, 0.15) is 5.82 Å². The maximum Gasteiger partial charge on any atom is 0.258 e. The lowest BCUT2D eigenvalue weighted by atomic mass is 10.2. The van der Waals surface area contributed by atoms with E-state index in [-0.39, 0.29) is 16.2 Å². The second kappa shape index (κ2) is 6.89. The predicted molar refractivity (Wildman–Crippen MR) is 86.0 cm³/mol. The first kappa shape index (κ1) is 16.5. The number of amides is 1. The number of nitrogens with zero attached hydrogens (tertiary/aromatic N) is 1. The summed E-state index contributed by atoms with van der Waals surface area (Å²) in [5.41, 5.74) is 0.104. The summed E-state index contributed by atoms with van der Waals surface area (Å²) in [6, 6.07) is 9.27. The molecular formula is C15H15ClN2O3S. The fraction of sp³-hybridized carbons (Fsp3) is 0.200. The number of halogens is 1. The van der Waals surface area contributed by atoms with Crippen molar-refractivity contribution in [2.75, 3.05) is 11.1 Å². The summed E-state index contributed by atoms with van der Waals surface area (Å²) in [6.07, 6.45) is 1.88. The number of carbonyl (C=O) groups is 1. The molecule has 1 aromatic heterocycles. The number of rotatable bonds is 5. The highest BCUT2D eigenvalue weighted by Crippen LogP contribution is 2.19. The van der Waals surface area contributed by atoms with Gasteiger partial charge in [-0.3, -0.25) is 4.79 Å². The van der Waals surface area contributed by atoms with Crippen molar-refractivity contribution in [3.05, 3.63) is 53.2 Å². The lowest BCUT2D eigenvalue weighted by molar-refractivity contribution is 0.102. The fourth-order valence-corrected chi connectivity index (χ4v) is 3.59. The van der Waals surface area contributed by atoms with E-state index in [4.69, 9.17) is 11.6 Å². The Morgan fingerprint density at radius 2 is 1.95 bits per heavy atom. The number of carbonyl (C=O) groups excluding carboxylic acids is 1. The molecule has 7 heteroatoms. The maximum atomic E-state index is 12.3. The molecule has 0 saturated carbocycles. The first-order valence-corrected chi connectivity index (χ1v) is 8.72. The van der Waals surface area contributed by atoms with Gasteiger partial charge in [-0.15, -0.1) is 0 Å². The van der Waals surface area contributed by atoms with Crippen LogP contribution in [0.4, 0.5) is 5.82 Å². The second-order valence-corrected chi connectivity index (χ2v) is 7.14. The molecule has 1 N–H and O–H groups in total. The van der Waals surface area contributed by atoms with E-state index in [1.54, 1.807) is 31.2 Å². The van der Waals surface area contributed by atoms with Gasteiger partial charge >= 0.3 is 0 Å². The SMILES string of the molecule is CCCS(=O)(=O)c1ccccc1C(=O)Nc1ccc(Cl)cn1. The van der Waals surface area contributed by atoms with Crippen molar-refractivity contribution in [1.82, 2.24) is 4.98 Å². The molecule has 0 saturated heterocycles. The van der Waals surface area contributed by atoms with Crippen LogP contribution in [0.15, 0.2) is 47.5 Å². The van der Waals surface area contributed by atoms with Crippen LogP contribution in [0.25, 0.3) is 0 Å². The average molecular weight is 339 g/mol. The van der Waals surface area contributed by atoms with Crippen molar-refractivity contribution in [3.8, 4) is 0 Å². The summed E-state index contributed by atoms with van der Waals surface area (Å²) in [5, 5.41) is 3.01. The number of pyridine rings is 1. The molecule has 116 valence electrons. The van der Waals surface area contributed by atoms with Crippen molar-refractivity contribution >= 4 is 33.2 Å². The molecule has 1 amide bonds. The van der Waals surface area contributed by atoms with Crippen LogP contribution in [0.2, 0.25) is 5.02 Å². The Kier molecular flexibility index (Phi) is 5.15. The van der Waals surface area contributed by atoms with Crippen molar-refractivity contribution in [2.24, 2.45) is 0 Å². The first-order chi connectivity index (χ1) is 10.4. The molecule has 0 radical (unpaired) electrons. The summed E-state index contributed by atoms with van der Waals surface area (Å²) in [5.74, 6) is -0.224. The van der Waals surface area contributed by atoms with Crippen LogP contribution in [0.3, 0.4) is 0 Å². The minimum atomic E-state index is -3.49. The quantitative estimate of drug-likeness (QED) is 0.908. The lowest BCUT2D eigenvalue weighted by Crippen LogP contribution is -2.18. The van der Waals surface area contributed by atoms with Crippen LogP contribution in [-0.2, 0) is 9.84 Å². The highest BCUT2D eigenvalue weighted by Gasteiger charge is 2.21. The molecule has 5 nitrogen and oxygen atoms in total. The molecule has 0 atom stereocenters. The Hall–Kier alpha value is -1.92. The van der Waals surface area contributed by atoms with E-state index in [1.807, 2.05) is 0 Å². The number of nitrogens with one attached hydrogen (secondary N) is 1. The van der Waals surface area contributed by atoms with Gasteiger partial charge in [-0.25, -0.2) is 13.4 Å². The van der Waals surface area contributed by atoms with Crippen LogP contribution in [0.1, 0.15) is 23.7 Å². The summed E-state index contributed by atoms with van der Waals surface area (Å²) >= 11 is 5.73. The van der Waals surface area contributed by atoms with E-state index in [2.05, 4.69) is 10.3 Å². The largest absolute Gasteiger partial charge is 0.307 e. The highest BCUT2D eigenvalue weighted by atomic mass is 35.5. The molecule has 0 fully saturated rings. The predicted octanol–water partition coefficient (Wildman–Crippen LogP) is 3.17. The Balaban J connectivity index is 2.32. The molecule has 1 aromatic carbocycles. The van der Waals surface area contributed by atoms with E-state index in [0.717, 1.165) is 0 Å². The molecule has 0 aliphatic carbocycles. The van der Waals surface area contributed by atoms with Gasteiger partial charge in [-0.05, 0) is 30.7 Å². The number of aromatic nitrogens is 1. The minimum absolute atomic E-state index is 0.00348. The van der Waals surface area contributed by atoms with E-state index < -0.39 is 15.7 Å². The molecule has 0 aliphatic heterocycles. The number of benzene rings is 1. The number of anilines is 1. The zero-order chi connectivity index (χ0) is 16.2. The van der Waals surface area contributed by atoms with Gasteiger partial charge in [0.2, 0.25) is 0 Å². The molecule has 0 spiro atoms. The first-order valence-electron chi connectivity index (χ1n) is 6.68. The molecule has 0 unspecified atom stereocenters. The summed E-state index contributed by atoms with van der Waals surface area (Å²) < 4.78 is 24.5. The van der Waals surface area contributed by atoms with Crippen LogP contribution in [0.5, 0.6) is 0 Å². The molecular weight excluding hydrogens is 324 g/mol. The van der Waals surface area contributed by atoms with E-state index in [0.29, 0.717) is 17.3 Å². The topological polar surface area (TPSA) is 76.1 Å². The van der Waals surface area contributed by atoms with E-state index in [9.17, 15) is 13.2 Å². The minimum Gasteiger partial charge on any atom is -0.307 e. The van der Waals surface area contributed by atoms with Crippen molar-refractivity contribution in [2.45, 2.75) is 18.2 Å². The molecule has 2 rings (SSSR count). The molecule has 22 heavy (non-hydrogen) atoms. The normalized spacial score (nSPS) is 11.2. The van der Waals surface area contributed by atoms with Crippen molar-refractivity contribution in [1.29, 1.82) is 0 Å². The fourth-order valence-electron chi connectivity index (χ4n) is 1.94. The van der Waals surface area contributed by atoms with Crippen molar-refractivity contribution in [3.63, 3.8) is 0 Å². The van der Waals surface area contributed by atoms with Crippen LogP contribution < -0.4 is 5.32 Å². The monoisotopic (exact) mass is 338 g/mol. The number of hydrogen-bond donors (Lipinski definition) is 1. The molecule has 0 bridgehead atoms. The third kappa shape index (κ3) is 3.84. The van der Waals surface area contributed by atoms with Crippen LogP contribution in [-0.4, -0.2) is 25.1 Å². The zero-order valence-corrected chi connectivity index (χ0v) is 13.5. The zero-order valence-electron chi connectivity index (χ0n) is 11.9. The maximum absolute atomic E-state index is 12.3. The van der Waals surface area contributed by atoms with Gasteiger partial charge in [0, 0.05) is 6.20 Å². The van der Waals surface area contributed by atoms with Gasteiger partial charge < -0.3 is 5.32 Å². The Morgan fingerprint density at radius 1 is 1.23 bits per heavy atom. The third-order valence-electron chi connectivity index (χ3n) is 2.91. The summed E-state index contributed by atoms with van der Waals surface area (Å²) in [6.45, 7) is 1.78. The van der Waals surface area contributed by atoms with Gasteiger partial charge in [0.25, 0.3) is 5.91 Å². The van der Waals surface area contributed by atoms with E-state index in [1.165, 1.54) is 18.3 Å². The lowest BCUT2D eigenvalue weighted by Gasteiger charge is -2.10. The Labute approximate surface area is 134 Å². The Bertz CT molecular complexity index is 774. The van der Waals surface area contributed by atoms with E-state index >= 15 is 0 Å². The standard InChI is InChI=1S/C15H15ClN2O3S/c1-2-9-22(20,21)13-6-4-3-5-12(13)15(19)18-14-8-7-11(16)10-17-14/h3-8,10H,2,9H2,1H3,(H,17,18,19). The van der Waals surface area contributed by atoms with Crippen LogP contribution in [0, 0.1) is 0 Å². The van der Waals surface area contributed by atoms with Gasteiger partial charge in [0.15, 0.2) is 9.84 Å². The van der Waals surface area contributed by atoms with Gasteiger partial charge in [-0.1, -0.05) is 30.7 Å². The van der Waals surface area contributed by atoms with Crippen LogP contribution >= 0.6 is 11.6 Å². The van der Waals surface area contributed by atoms with Gasteiger partial charge in [-0.2, -0.15) is 0 Å². The van der Waals surface area contributed by atoms with Crippen molar-refractivity contribution < 1.29 is 13.2 Å². The highest BCUT2D eigenvalue weighted by molar-refractivity contribution is 7.91. The smallest absolute Gasteiger partial charge is 0.258 e. The number of hydrogen-bond acceptors (Lipinski definition) is 4. The number of sulfone groups is 1. The Morgan fingerprint density at radius 3 is 2.59 bits per heavy atom. The molecule has 2 aromatic rings. The third-order valence-corrected chi connectivity index (χ3v) is 5.10. The summed E-state index contributed by atoms with van der Waals surface area (Å²) in [4.78, 5) is 16.3. The summed E-state index contributed by atoms with van der Waals surface area (Å²) in [7, 11) is -3.49. The molecule has 0 aliphatic rings. The average Bonchev–Trinajstić information content (AvgIpc) is 2.49. The second-order valence-electron chi connectivity index (χ2n) is 4.63. The molecule has 1 heterocycles.